The fraction of sp³-hybridized carbons (Fsp3) is 0.625. The Morgan fingerprint density at radius 3 is 1.82 bits per heavy atom. The van der Waals surface area contributed by atoms with Crippen molar-refractivity contribution in [2.45, 2.75) is 97.3 Å². The molecule has 0 spiro atoms. The predicted molar refractivity (Wildman–Crippen MR) is 165 cm³/mol. The summed E-state index contributed by atoms with van der Waals surface area (Å²) in [6, 6.07) is 3.48. The number of rotatable bonds is 22. The third kappa shape index (κ3) is 13.6. The Bertz CT molecular complexity index is 945. The summed E-state index contributed by atoms with van der Waals surface area (Å²) in [5.74, 6) is 0.905. The van der Waals surface area contributed by atoms with E-state index in [1.807, 2.05) is 0 Å². The second-order valence-corrected chi connectivity index (χ2v) is 10.3. The lowest BCUT2D eigenvalue weighted by Crippen LogP contribution is -2.25. The lowest BCUT2D eigenvalue weighted by atomic mass is 10.0. The number of benzene rings is 1. The van der Waals surface area contributed by atoms with Gasteiger partial charge < -0.3 is 24.8 Å². The van der Waals surface area contributed by atoms with Gasteiger partial charge in [-0.3, -0.25) is 9.59 Å². The first kappa shape index (κ1) is 35.4. The van der Waals surface area contributed by atoms with E-state index in [2.05, 4.69) is 24.5 Å². The Morgan fingerprint density at radius 2 is 1.27 bits per heavy atom. The van der Waals surface area contributed by atoms with Gasteiger partial charge in [0.2, 0.25) is 17.6 Å². The fourth-order valence-electron chi connectivity index (χ4n) is 4.38. The van der Waals surface area contributed by atoms with Crippen LogP contribution in [0.2, 0.25) is 0 Å². The molecule has 0 saturated heterocycles. The molecular weight excluding hydrogens is 528 g/mol. The van der Waals surface area contributed by atoms with Crippen molar-refractivity contribution in [2.75, 3.05) is 34.4 Å². The first-order valence-electron chi connectivity index (χ1n) is 14.8. The van der Waals surface area contributed by atoms with Crippen LogP contribution in [0.1, 0.15) is 103 Å². The van der Waals surface area contributed by atoms with Crippen LogP contribution in [0.25, 0.3) is 5.03 Å². The van der Waals surface area contributed by atoms with Crippen molar-refractivity contribution in [3.8, 4) is 17.2 Å². The van der Waals surface area contributed by atoms with E-state index < -0.39 is 0 Å². The molecule has 0 heterocycles. The maximum Gasteiger partial charge on any atom is 0.243 e. The van der Waals surface area contributed by atoms with E-state index >= 15 is 0 Å². The fourth-order valence-corrected chi connectivity index (χ4v) is 4.66. The summed E-state index contributed by atoms with van der Waals surface area (Å²) < 4.78 is 16.5. The highest BCUT2D eigenvalue weighted by molar-refractivity contribution is 6.50. The van der Waals surface area contributed by atoms with Gasteiger partial charge in [0, 0.05) is 24.7 Å². The van der Waals surface area contributed by atoms with Crippen molar-refractivity contribution in [2.24, 2.45) is 0 Å². The van der Waals surface area contributed by atoms with Gasteiger partial charge in [-0.1, -0.05) is 95.7 Å². The van der Waals surface area contributed by atoms with Crippen molar-refractivity contribution in [1.82, 2.24) is 10.6 Å². The SMILES string of the molecule is CCCCCCCCNC(=O)/C=C/C(CC(=O)NCCCCCCCC)=C(/Cl)c1ccc(OC)c(OC)c1OC. The number of carbonyl (C=O) groups is 2. The van der Waals surface area contributed by atoms with Gasteiger partial charge in [0.25, 0.3) is 0 Å². The van der Waals surface area contributed by atoms with Crippen LogP contribution in [0.3, 0.4) is 0 Å². The van der Waals surface area contributed by atoms with Gasteiger partial charge in [0.05, 0.1) is 32.8 Å². The topological polar surface area (TPSA) is 85.9 Å². The normalized spacial score (nSPS) is 11.8. The molecule has 2 N–H and O–H groups in total. The maximum absolute atomic E-state index is 12.9. The van der Waals surface area contributed by atoms with Crippen LogP contribution in [0.4, 0.5) is 0 Å². The lowest BCUT2D eigenvalue weighted by Gasteiger charge is -2.17. The molecule has 0 aliphatic carbocycles. The molecule has 0 aliphatic rings. The summed E-state index contributed by atoms with van der Waals surface area (Å²) in [5, 5.41) is 6.21. The number of carbonyl (C=O) groups excluding carboxylic acids is 2. The third-order valence-electron chi connectivity index (χ3n) is 6.69. The van der Waals surface area contributed by atoms with Crippen LogP contribution in [-0.4, -0.2) is 46.2 Å². The Labute approximate surface area is 247 Å². The van der Waals surface area contributed by atoms with E-state index in [0.29, 0.717) is 46.5 Å². The molecule has 0 saturated carbocycles. The van der Waals surface area contributed by atoms with E-state index in [1.54, 1.807) is 25.3 Å². The smallest absolute Gasteiger partial charge is 0.243 e. The number of hydrogen-bond acceptors (Lipinski definition) is 5. The maximum atomic E-state index is 12.9. The van der Waals surface area contributed by atoms with Crippen LogP contribution in [0, 0.1) is 0 Å². The first-order valence-corrected chi connectivity index (χ1v) is 15.2. The molecule has 0 atom stereocenters. The monoisotopic (exact) mass is 578 g/mol. The Kier molecular flexibility index (Phi) is 19.5. The van der Waals surface area contributed by atoms with Crippen molar-refractivity contribution in [3.05, 3.63) is 35.4 Å². The van der Waals surface area contributed by atoms with Crippen LogP contribution in [0.15, 0.2) is 29.9 Å². The molecule has 0 aliphatic heterocycles. The van der Waals surface area contributed by atoms with Crippen molar-refractivity contribution in [3.63, 3.8) is 0 Å². The highest BCUT2D eigenvalue weighted by atomic mass is 35.5. The Balaban J connectivity index is 3.01. The van der Waals surface area contributed by atoms with Crippen molar-refractivity contribution >= 4 is 28.4 Å². The Hall–Kier alpha value is -2.67. The van der Waals surface area contributed by atoms with E-state index in [0.717, 1.165) is 25.7 Å². The number of methoxy groups -OCH3 is 3. The van der Waals surface area contributed by atoms with Gasteiger partial charge in [-0.2, -0.15) is 0 Å². The largest absolute Gasteiger partial charge is 0.493 e. The Morgan fingerprint density at radius 1 is 0.725 bits per heavy atom. The summed E-state index contributed by atoms with van der Waals surface area (Å²) in [7, 11) is 4.58. The lowest BCUT2D eigenvalue weighted by molar-refractivity contribution is -0.120. The second-order valence-electron chi connectivity index (χ2n) is 9.91. The minimum Gasteiger partial charge on any atom is -0.493 e. The summed E-state index contributed by atoms with van der Waals surface area (Å²) in [5.41, 5.74) is 1.04. The van der Waals surface area contributed by atoms with Crippen molar-refractivity contribution < 1.29 is 23.8 Å². The zero-order chi connectivity index (χ0) is 29.6. The first-order chi connectivity index (χ1) is 19.4. The number of halogens is 1. The van der Waals surface area contributed by atoms with Gasteiger partial charge >= 0.3 is 0 Å². The summed E-state index contributed by atoms with van der Waals surface area (Å²) in [6.07, 6.45) is 16.9. The number of allylic oxidation sites excluding steroid dienone is 1. The van der Waals surface area contributed by atoms with Gasteiger partial charge in [-0.05, 0) is 30.5 Å². The van der Waals surface area contributed by atoms with E-state index in [-0.39, 0.29) is 18.2 Å². The van der Waals surface area contributed by atoms with Crippen LogP contribution < -0.4 is 24.8 Å². The van der Waals surface area contributed by atoms with Gasteiger partial charge in [-0.25, -0.2) is 0 Å². The predicted octanol–water partition coefficient (Wildman–Crippen LogP) is 7.56. The molecule has 0 unspecified atom stereocenters. The van der Waals surface area contributed by atoms with E-state index in [9.17, 15) is 9.59 Å². The number of unbranched alkanes of at least 4 members (excludes halogenated alkanes) is 10. The number of ether oxygens (including phenoxy) is 3. The number of nitrogens with one attached hydrogen (secondary N) is 2. The zero-order valence-corrected chi connectivity index (χ0v) is 26.1. The molecule has 40 heavy (non-hydrogen) atoms. The second kappa shape index (κ2) is 22.1. The molecule has 2 amide bonds. The highest BCUT2D eigenvalue weighted by Crippen LogP contribution is 2.44. The van der Waals surface area contributed by atoms with E-state index in [4.69, 9.17) is 25.8 Å². The molecule has 7 nitrogen and oxygen atoms in total. The molecule has 1 rings (SSSR count). The molecule has 0 fully saturated rings. The molecular formula is C32H51ClN2O5. The average Bonchev–Trinajstić information content (AvgIpc) is 2.96. The summed E-state index contributed by atoms with van der Waals surface area (Å²) in [4.78, 5) is 25.4. The molecule has 0 bridgehead atoms. The molecule has 8 heteroatoms. The number of hydrogen-bond donors (Lipinski definition) is 2. The van der Waals surface area contributed by atoms with Gasteiger partial charge in [0.15, 0.2) is 11.5 Å². The zero-order valence-electron chi connectivity index (χ0n) is 25.3. The minimum atomic E-state index is -0.220. The third-order valence-corrected chi connectivity index (χ3v) is 7.14. The standard InChI is InChI=1S/C32H51ClN2O5/c1-6-8-10-12-14-16-22-34-28(36)21-18-25(24-29(37)35-23-17-15-13-11-9-7-2)30(33)26-19-20-27(38-3)32(40-5)31(26)39-4/h18-21H,6-17,22-24H2,1-5H3,(H,34,36)(H,35,37)/b21-18+,30-25-. The molecule has 1 aromatic carbocycles. The summed E-state index contributed by atoms with van der Waals surface area (Å²) >= 11 is 6.87. The average molecular weight is 579 g/mol. The van der Waals surface area contributed by atoms with Crippen LogP contribution in [-0.2, 0) is 9.59 Å². The molecule has 1 aromatic rings. The van der Waals surface area contributed by atoms with Crippen LogP contribution >= 0.6 is 11.6 Å². The highest BCUT2D eigenvalue weighted by Gasteiger charge is 2.20. The van der Waals surface area contributed by atoms with Crippen LogP contribution in [0.5, 0.6) is 17.2 Å². The molecule has 0 radical (unpaired) electrons. The minimum absolute atomic E-state index is 0.0212. The molecule has 0 aromatic heterocycles. The summed E-state index contributed by atoms with van der Waals surface area (Å²) in [6.45, 7) is 5.62. The van der Waals surface area contributed by atoms with Crippen molar-refractivity contribution in [1.29, 1.82) is 0 Å². The van der Waals surface area contributed by atoms with Gasteiger partial charge in [-0.15, -0.1) is 0 Å². The number of amides is 2. The quantitative estimate of drug-likeness (QED) is 0.0842. The molecule has 226 valence electrons. The van der Waals surface area contributed by atoms with E-state index in [1.165, 1.54) is 71.7 Å². The van der Waals surface area contributed by atoms with Gasteiger partial charge in [0.1, 0.15) is 0 Å².